The van der Waals surface area contributed by atoms with Gasteiger partial charge in [-0.1, -0.05) is 15.9 Å². The Morgan fingerprint density at radius 2 is 1.57 bits per heavy atom. The van der Waals surface area contributed by atoms with Gasteiger partial charge in [0.05, 0.1) is 0 Å². The predicted molar refractivity (Wildman–Crippen MR) is 32.0 cm³/mol. The van der Waals surface area contributed by atoms with Gasteiger partial charge >= 0.3 is 29.6 Å². The summed E-state index contributed by atoms with van der Waals surface area (Å²) >= 11 is 2.74. The molecular formula is C3H4BrNaO2. The van der Waals surface area contributed by atoms with Crippen LogP contribution in [0.15, 0.2) is 0 Å². The minimum atomic E-state index is -0.613. The van der Waals surface area contributed by atoms with Crippen LogP contribution >= 0.6 is 15.9 Å². The fourth-order valence-electron chi connectivity index (χ4n) is 0.0321. The summed E-state index contributed by atoms with van der Waals surface area (Å²) < 4.78 is 0. The number of rotatable bonds is 2. The molecule has 0 bridgehead atoms. The molecule has 0 aliphatic heterocycles. The van der Waals surface area contributed by atoms with E-state index < -0.39 is 4.83 Å². The van der Waals surface area contributed by atoms with Gasteiger partial charge in [-0.25, -0.2) is 0 Å². The molecule has 0 unspecified atom stereocenters. The van der Waals surface area contributed by atoms with E-state index in [1.165, 1.54) is 0 Å². The summed E-state index contributed by atoms with van der Waals surface area (Å²) in [6.45, 7) is 0. The van der Waals surface area contributed by atoms with Crippen molar-refractivity contribution in [1.29, 1.82) is 0 Å². The Balaban J connectivity index is 0. The van der Waals surface area contributed by atoms with Gasteiger partial charge in [-0.05, 0) is 0 Å². The summed E-state index contributed by atoms with van der Waals surface area (Å²) in [5, 5.41) is 0. The van der Waals surface area contributed by atoms with E-state index in [4.69, 9.17) is 0 Å². The van der Waals surface area contributed by atoms with Gasteiger partial charge in [0.2, 0.25) is 0 Å². The number of carbonyl (C=O) groups is 2. The molecule has 36 valence electrons. The Morgan fingerprint density at radius 3 is 1.57 bits per heavy atom. The maximum atomic E-state index is 9.46. The third-order valence-electron chi connectivity index (χ3n) is 0.260. The zero-order chi connectivity index (χ0) is 4.99. The summed E-state index contributed by atoms with van der Waals surface area (Å²) in [6, 6.07) is 0. The van der Waals surface area contributed by atoms with Gasteiger partial charge in [-0.2, -0.15) is 0 Å². The van der Waals surface area contributed by atoms with Gasteiger partial charge in [-0.15, -0.1) is 0 Å². The average molecular weight is 175 g/mol. The molecule has 0 rings (SSSR count). The van der Waals surface area contributed by atoms with Crippen molar-refractivity contribution >= 4 is 58.1 Å². The topological polar surface area (TPSA) is 34.1 Å². The molecule has 0 saturated carbocycles. The van der Waals surface area contributed by atoms with Crippen LogP contribution in [0, 0.1) is 0 Å². The normalized spacial score (nSPS) is 7.14. The van der Waals surface area contributed by atoms with E-state index in [1.807, 2.05) is 0 Å². The van der Waals surface area contributed by atoms with Crippen LogP contribution in [0.4, 0.5) is 0 Å². The number of hydrogen-bond acceptors (Lipinski definition) is 2. The molecule has 0 radical (unpaired) electrons. The van der Waals surface area contributed by atoms with Crippen LogP contribution in [0.2, 0.25) is 0 Å². The van der Waals surface area contributed by atoms with Gasteiger partial charge in [0.15, 0.2) is 0 Å². The van der Waals surface area contributed by atoms with E-state index in [-0.39, 0.29) is 29.6 Å². The average Bonchev–Trinajstić information content (AvgIpc) is 1.65. The van der Waals surface area contributed by atoms with E-state index in [2.05, 4.69) is 15.9 Å². The molecule has 0 N–H and O–H groups in total. The molecule has 0 aliphatic carbocycles. The van der Waals surface area contributed by atoms with Gasteiger partial charge in [-0.3, -0.25) is 0 Å². The molecule has 0 atom stereocenters. The van der Waals surface area contributed by atoms with E-state index in [0.29, 0.717) is 12.6 Å². The van der Waals surface area contributed by atoms with Crippen LogP contribution < -0.4 is 0 Å². The molecule has 0 fully saturated rings. The van der Waals surface area contributed by atoms with E-state index in [1.54, 1.807) is 0 Å². The fraction of sp³-hybridized carbons (Fsp3) is 0.333. The first-order chi connectivity index (χ1) is 2.81. The summed E-state index contributed by atoms with van der Waals surface area (Å²) in [5.41, 5.74) is 0. The fourth-order valence-corrected chi connectivity index (χ4v) is 0.0321. The van der Waals surface area contributed by atoms with Gasteiger partial charge in [0, 0.05) is 0 Å². The van der Waals surface area contributed by atoms with Crippen LogP contribution in [-0.4, -0.2) is 47.0 Å². The van der Waals surface area contributed by atoms with Crippen molar-refractivity contribution in [1.82, 2.24) is 0 Å². The summed E-state index contributed by atoms with van der Waals surface area (Å²) in [7, 11) is 0. The summed E-state index contributed by atoms with van der Waals surface area (Å²) in [6.07, 6.45) is 1.04. The number of hydrogen-bond donors (Lipinski definition) is 0. The van der Waals surface area contributed by atoms with Crippen molar-refractivity contribution in [2.75, 3.05) is 0 Å². The SMILES string of the molecule is O=CC(Br)C=O.[NaH]. The number of aldehydes is 2. The molecule has 0 saturated heterocycles. The standard InChI is InChI=1S/C3H3BrO2.Na.H/c4-3(1-5)2-6;;/h1-3H;;. The minimum absolute atomic E-state index is 0. The molecule has 0 aromatic rings. The van der Waals surface area contributed by atoms with Gasteiger partial charge in [0.1, 0.15) is 17.4 Å². The van der Waals surface area contributed by atoms with Gasteiger partial charge < -0.3 is 9.59 Å². The molecule has 0 aromatic carbocycles. The summed E-state index contributed by atoms with van der Waals surface area (Å²) in [5.74, 6) is 0. The van der Waals surface area contributed by atoms with Crippen LogP contribution in [0.1, 0.15) is 0 Å². The second-order valence-electron chi connectivity index (χ2n) is 0.717. The molecule has 0 amide bonds. The monoisotopic (exact) mass is 174 g/mol. The Hall–Kier alpha value is 0.820. The third kappa shape index (κ3) is 6.82. The van der Waals surface area contributed by atoms with Crippen LogP contribution in [0.3, 0.4) is 0 Å². The quantitative estimate of drug-likeness (QED) is 0.245. The number of carbonyl (C=O) groups excluding carboxylic acids is 2. The number of alkyl halides is 1. The van der Waals surface area contributed by atoms with Crippen molar-refractivity contribution in [3.05, 3.63) is 0 Å². The first-order valence-electron chi connectivity index (χ1n) is 1.36. The first-order valence-corrected chi connectivity index (χ1v) is 2.27. The zero-order valence-corrected chi connectivity index (χ0v) is 4.51. The van der Waals surface area contributed by atoms with Crippen molar-refractivity contribution < 1.29 is 9.59 Å². The Bertz CT molecular complexity index is 58.0. The molecule has 4 heteroatoms. The Labute approximate surface area is 72.1 Å². The molecule has 7 heavy (non-hydrogen) atoms. The molecule has 0 spiro atoms. The van der Waals surface area contributed by atoms with Crippen LogP contribution in [-0.2, 0) is 9.59 Å². The van der Waals surface area contributed by atoms with Crippen LogP contribution in [0.5, 0.6) is 0 Å². The van der Waals surface area contributed by atoms with E-state index >= 15 is 0 Å². The number of halogens is 1. The molecule has 0 heterocycles. The third-order valence-corrected chi connectivity index (χ3v) is 0.692. The summed E-state index contributed by atoms with van der Waals surface area (Å²) in [4.78, 5) is 18.3. The van der Waals surface area contributed by atoms with Crippen molar-refractivity contribution in [2.45, 2.75) is 4.83 Å². The second-order valence-corrected chi connectivity index (χ2v) is 1.77. The van der Waals surface area contributed by atoms with Crippen molar-refractivity contribution in [3.8, 4) is 0 Å². The van der Waals surface area contributed by atoms with Crippen molar-refractivity contribution in [3.63, 3.8) is 0 Å². The van der Waals surface area contributed by atoms with Crippen molar-refractivity contribution in [2.24, 2.45) is 0 Å². The second kappa shape index (κ2) is 6.82. The molecule has 0 aliphatic rings. The van der Waals surface area contributed by atoms with E-state index in [9.17, 15) is 9.59 Å². The molecule has 2 nitrogen and oxygen atoms in total. The molecular weight excluding hydrogens is 171 g/mol. The Morgan fingerprint density at radius 1 is 1.29 bits per heavy atom. The first kappa shape index (κ1) is 10.7. The maximum absolute atomic E-state index is 9.46. The Kier molecular flexibility index (Phi) is 10.5. The van der Waals surface area contributed by atoms with E-state index in [0.717, 1.165) is 0 Å². The predicted octanol–water partition coefficient (Wildman–Crippen LogP) is -0.501. The van der Waals surface area contributed by atoms with Gasteiger partial charge in [0.25, 0.3) is 0 Å². The zero-order valence-electron chi connectivity index (χ0n) is 2.93. The molecule has 0 aromatic heterocycles. The van der Waals surface area contributed by atoms with Crippen LogP contribution in [0.25, 0.3) is 0 Å².